The smallest absolute Gasteiger partial charge is 0.192 e. The van der Waals surface area contributed by atoms with Crippen molar-refractivity contribution < 1.29 is 14.6 Å². The maximum atomic E-state index is 10.1. The van der Waals surface area contributed by atoms with E-state index < -0.39 is 20.5 Å². The SMILES string of the molecule is CC(C)(C)[Si](C)(C)OC[C@H](O)[C@@H](O)c1ccccc1. The number of rotatable bonds is 5. The van der Waals surface area contributed by atoms with Crippen LogP contribution in [0.25, 0.3) is 0 Å². The highest BCUT2D eigenvalue weighted by atomic mass is 28.4. The Morgan fingerprint density at radius 3 is 2.11 bits per heavy atom. The van der Waals surface area contributed by atoms with Crippen LogP contribution in [0.3, 0.4) is 0 Å². The molecule has 0 spiro atoms. The van der Waals surface area contributed by atoms with Gasteiger partial charge in [-0.05, 0) is 23.7 Å². The predicted octanol–water partition coefficient (Wildman–Crippen LogP) is 3.10. The Bertz CT molecular complexity index is 384. The van der Waals surface area contributed by atoms with E-state index in [9.17, 15) is 10.2 Å². The molecule has 0 saturated carbocycles. The molecule has 108 valence electrons. The molecule has 0 unspecified atom stereocenters. The Morgan fingerprint density at radius 2 is 1.63 bits per heavy atom. The molecule has 2 N–H and O–H groups in total. The zero-order valence-corrected chi connectivity index (χ0v) is 13.6. The number of aliphatic hydroxyl groups excluding tert-OH is 2. The van der Waals surface area contributed by atoms with E-state index in [1.54, 1.807) is 12.1 Å². The van der Waals surface area contributed by atoms with Gasteiger partial charge in [0.25, 0.3) is 0 Å². The topological polar surface area (TPSA) is 49.7 Å². The summed E-state index contributed by atoms with van der Waals surface area (Å²) in [7, 11) is -1.89. The summed E-state index contributed by atoms with van der Waals surface area (Å²) in [4.78, 5) is 0. The average Bonchev–Trinajstić information content (AvgIpc) is 2.35. The van der Waals surface area contributed by atoms with Crippen LogP contribution in [0.1, 0.15) is 32.4 Å². The molecule has 1 aromatic carbocycles. The molecule has 0 fully saturated rings. The molecule has 0 amide bonds. The van der Waals surface area contributed by atoms with Crippen LogP contribution in [0.5, 0.6) is 0 Å². The minimum absolute atomic E-state index is 0.102. The highest BCUT2D eigenvalue weighted by molar-refractivity contribution is 6.74. The van der Waals surface area contributed by atoms with Gasteiger partial charge in [0.2, 0.25) is 0 Å². The lowest BCUT2D eigenvalue weighted by Crippen LogP contribution is -2.43. The van der Waals surface area contributed by atoms with Crippen molar-refractivity contribution in [1.82, 2.24) is 0 Å². The van der Waals surface area contributed by atoms with Crippen LogP contribution >= 0.6 is 0 Å². The zero-order chi connectivity index (χ0) is 14.7. The third-order valence-electron chi connectivity index (χ3n) is 3.93. The highest BCUT2D eigenvalue weighted by Crippen LogP contribution is 2.36. The Hall–Kier alpha value is -0.683. The van der Waals surface area contributed by atoms with Gasteiger partial charge in [-0.2, -0.15) is 0 Å². The van der Waals surface area contributed by atoms with Crippen molar-refractivity contribution in [2.24, 2.45) is 0 Å². The lowest BCUT2D eigenvalue weighted by Gasteiger charge is -2.37. The molecule has 0 aliphatic carbocycles. The van der Waals surface area contributed by atoms with Crippen LogP contribution in [0, 0.1) is 0 Å². The summed E-state index contributed by atoms with van der Waals surface area (Å²) < 4.78 is 5.93. The van der Waals surface area contributed by atoms with E-state index in [1.807, 2.05) is 18.2 Å². The second-order valence-corrected chi connectivity index (χ2v) is 11.3. The fourth-order valence-corrected chi connectivity index (χ4v) is 2.49. The molecule has 0 aliphatic heterocycles. The van der Waals surface area contributed by atoms with Crippen LogP contribution in [-0.2, 0) is 4.43 Å². The molecule has 0 radical (unpaired) electrons. The van der Waals surface area contributed by atoms with Gasteiger partial charge >= 0.3 is 0 Å². The van der Waals surface area contributed by atoms with Crippen LogP contribution in [0.2, 0.25) is 18.1 Å². The van der Waals surface area contributed by atoms with Crippen molar-refractivity contribution in [2.75, 3.05) is 6.61 Å². The van der Waals surface area contributed by atoms with Crippen molar-refractivity contribution in [3.63, 3.8) is 0 Å². The van der Waals surface area contributed by atoms with Crippen molar-refractivity contribution in [2.45, 2.75) is 51.1 Å². The fourth-order valence-electron chi connectivity index (χ4n) is 1.47. The summed E-state index contributed by atoms with van der Waals surface area (Å²) in [6.45, 7) is 10.9. The molecule has 1 aromatic rings. The summed E-state index contributed by atoms with van der Waals surface area (Å²) >= 11 is 0. The fraction of sp³-hybridized carbons (Fsp3) is 0.600. The maximum absolute atomic E-state index is 10.1. The predicted molar refractivity (Wildman–Crippen MR) is 80.6 cm³/mol. The molecule has 1 rings (SSSR count). The van der Waals surface area contributed by atoms with E-state index in [2.05, 4.69) is 33.9 Å². The number of aliphatic hydroxyl groups is 2. The first kappa shape index (κ1) is 16.4. The summed E-state index contributed by atoms with van der Waals surface area (Å²) in [6.07, 6.45) is -1.79. The van der Waals surface area contributed by atoms with E-state index in [0.717, 1.165) is 0 Å². The molecule has 0 aliphatic rings. The minimum Gasteiger partial charge on any atom is -0.414 e. The van der Waals surface area contributed by atoms with Crippen molar-refractivity contribution in [3.05, 3.63) is 35.9 Å². The lowest BCUT2D eigenvalue weighted by molar-refractivity contribution is -0.0120. The van der Waals surface area contributed by atoms with Crippen molar-refractivity contribution >= 4 is 8.32 Å². The molecular weight excluding hydrogens is 256 g/mol. The molecule has 4 heteroatoms. The molecule has 19 heavy (non-hydrogen) atoms. The maximum Gasteiger partial charge on any atom is 0.192 e. The minimum atomic E-state index is -1.89. The molecular formula is C15H26O3Si. The van der Waals surface area contributed by atoms with Gasteiger partial charge in [-0.15, -0.1) is 0 Å². The molecule has 0 aromatic heterocycles. The van der Waals surface area contributed by atoms with Crippen molar-refractivity contribution in [3.8, 4) is 0 Å². The molecule has 0 bridgehead atoms. The van der Waals surface area contributed by atoms with Crippen LogP contribution in [-0.4, -0.2) is 31.2 Å². The first-order chi connectivity index (χ1) is 8.65. The Balaban J connectivity index is 2.59. The first-order valence-electron chi connectivity index (χ1n) is 6.70. The summed E-state index contributed by atoms with van der Waals surface area (Å²) in [5.41, 5.74) is 0.717. The van der Waals surface area contributed by atoms with Gasteiger partial charge in [-0.25, -0.2) is 0 Å². The number of hydrogen-bond acceptors (Lipinski definition) is 3. The Labute approximate surface area is 117 Å². The molecule has 3 nitrogen and oxygen atoms in total. The van der Waals surface area contributed by atoms with Gasteiger partial charge < -0.3 is 14.6 Å². The normalized spacial score (nSPS) is 16.2. The van der Waals surface area contributed by atoms with Crippen LogP contribution in [0.15, 0.2) is 30.3 Å². The second kappa shape index (κ2) is 6.18. The molecule has 0 saturated heterocycles. The van der Waals surface area contributed by atoms with E-state index in [1.165, 1.54) is 0 Å². The van der Waals surface area contributed by atoms with E-state index >= 15 is 0 Å². The van der Waals surface area contributed by atoms with E-state index in [0.29, 0.717) is 5.56 Å². The largest absolute Gasteiger partial charge is 0.414 e. The quantitative estimate of drug-likeness (QED) is 0.816. The number of hydrogen-bond donors (Lipinski definition) is 2. The van der Waals surface area contributed by atoms with Gasteiger partial charge in [-0.3, -0.25) is 0 Å². The van der Waals surface area contributed by atoms with Crippen LogP contribution < -0.4 is 0 Å². The van der Waals surface area contributed by atoms with Gasteiger partial charge in [-0.1, -0.05) is 51.1 Å². The first-order valence-corrected chi connectivity index (χ1v) is 9.61. The summed E-state index contributed by atoms with van der Waals surface area (Å²) in [5.74, 6) is 0. The summed E-state index contributed by atoms with van der Waals surface area (Å²) in [5, 5.41) is 20.2. The van der Waals surface area contributed by atoms with Gasteiger partial charge in [0, 0.05) is 0 Å². The second-order valence-electron chi connectivity index (χ2n) is 6.49. The zero-order valence-electron chi connectivity index (χ0n) is 12.6. The molecule has 2 atom stereocenters. The standard InChI is InChI=1S/C15H26O3Si/c1-15(2,3)19(4,5)18-11-13(16)14(17)12-9-7-6-8-10-12/h6-10,13-14,16-17H,11H2,1-5H3/t13-,14-/m0/s1. The average molecular weight is 282 g/mol. The highest BCUT2D eigenvalue weighted by Gasteiger charge is 2.38. The molecule has 0 heterocycles. The third kappa shape index (κ3) is 4.42. The third-order valence-corrected chi connectivity index (χ3v) is 8.43. The van der Waals surface area contributed by atoms with E-state index in [-0.39, 0.29) is 11.6 Å². The number of benzene rings is 1. The van der Waals surface area contributed by atoms with Crippen molar-refractivity contribution in [1.29, 1.82) is 0 Å². The van der Waals surface area contributed by atoms with Gasteiger partial charge in [0.05, 0.1) is 6.61 Å². The Kier molecular flexibility index (Phi) is 5.32. The Morgan fingerprint density at radius 1 is 1.11 bits per heavy atom. The lowest BCUT2D eigenvalue weighted by atomic mass is 10.1. The summed E-state index contributed by atoms with van der Waals surface area (Å²) in [6, 6.07) is 9.19. The van der Waals surface area contributed by atoms with Crippen LogP contribution in [0.4, 0.5) is 0 Å². The van der Waals surface area contributed by atoms with E-state index in [4.69, 9.17) is 4.43 Å². The van der Waals surface area contributed by atoms with Gasteiger partial charge in [0.15, 0.2) is 8.32 Å². The van der Waals surface area contributed by atoms with Gasteiger partial charge in [0.1, 0.15) is 12.2 Å². The monoisotopic (exact) mass is 282 g/mol.